The summed E-state index contributed by atoms with van der Waals surface area (Å²) in [5, 5.41) is 0. The second-order valence-corrected chi connectivity index (χ2v) is 4.06. The molecule has 0 aliphatic heterocycles. The average molecular weight is 252 g/mol. The van der Waals surface area contributed by atoms with Crippen molar-refractivity contribution in [2.75, 3.05) is 27.8 Å². The number of rotatable bonds is 6. The van der Waals surface area contributed by atoms with Crippen molar-refractivity contribution in [3.8, 4) is 11.5 Å². The van der Waals surface area contributed by atoms with Crippen molar-refractivity contribution in [2.45, 2.75) is 13.0 Å². The second-order valence-electron chi connectivity index (χ2n) is 4.06. The predicted molar refractivity (Wildman–Crippen MR) is 69.7 cm³/mol. The van der Waals surface area contributed by atoms with Crippen LogP contribution in [0, 0.1) is 0 Å². The molecule has 0 aliphatic carbocycles. The Bertz CT molecular complexity index is 405. The van der Waals surface area contributed by atoms with Crippen molar-refractivity contribution >= 4 is 5.91 Å². The van der Waals surface area contributed by atoms with E-state index >= 15 is 0 Å². The van der Waals surface area contributed by atoms with Crippen LogP contribution in [0.1, 0.15) is 12.0 Å². The van der Waals surface area contributed by atoms with Gasteiger partial charge in [-0.2, -0.15) is 0 Å². The Morgan fingerprint density at radius 1 is 1.39 bits per heavy atom. The molecule has 5 heteroatoms. The Morgan fingerprint density at radius 2 is 2.11 bits per heavy atom. The minimum atomic E-state index is 0.0396. The first-order chi connectivity index (χ1) is 8.58. The quantitative estimate of drug-likeness (QED) is 0.820. The van der Waals surface area contributed by atoms with E-state index in [0.717, 1.165) is 11.3 Å². The van der Waals surface area contributed by atoms with Crippen LogP contribution in [0.25, 0.3) is 0 Å². The van der Waals surface area contributed by atoms with E-state index in [1.54, 1.807) is 32.2 Å². The molecule has 0 aliphatic rings. The molecule has 1 amide bonds. The molecule has 100 valence electrons. The molecular formula is C13H20N2O3. The fourth-order valence-electron chi connectivity index (χ4n) is 1.46. The lowest BCUT2D eigenvalue weighted by Gasteiger charge is -2.13. The number of hydrogen-bond acceptors (Lipinski definition) is 4. The lowest BCUT2D eigenvalue weighted by molar-refractivity contribution is -0.129. The van der Waals surface area contributed by atoms with Crippen LogP contribution in [0.3, 0.4) is 0 Å². The Hall–Kier alpha value is -1.75. The Morgan fingerprint density at radius 3 is 2.67 bits per heavy atom. The summed E-state index contributed by atoms with van der Waals surface area (Å²) < 4.78 is 10.7. The van der Waals surface area contributed by atoms with Crippen molar-refractivity contribution in [1.29, 1.82) is 0 Å². The van der Waals surface area contributed by atoms with Crippen LogP contribution in [-0.4, -0.2) is 38.6 Å². The van der Waals surface area contributed by atoms with Gasteiger partial charge in [0.25, 0.3) is 0 Å². The number of carbonyl (C=O) groups is 1. The smallest absolute Gasteiger partial charge is 0.225 e. The molecule has 18 heavy (non-hydrogen) atoms. The van der Waals surface area contributed by atoms with E-state index in [1.165, 1.54) is 0 Å². The van der Waals surface area contributed by atoms with Crippen LogP contribution in [0.2, 0.25) is 0 Å². The summed E-state index contributed by atoms with van der Waals surface area (Å²) in [6.45, 7) is 0.713. The van der Waals surface area contributed by atoms with Crippen LogP contribution in [0.15, 0.2) is 18.2 Å². The molecule has 1 aromatic rings. The van der Waals surface area contributed by atoms with Gasteiger partial charge in [0.2, 0.25) is 5.91 Å². The van der Waals surface area contributed by atoms with Gasteiger partial charge in [0.15, 0.2) is 0 Å². The van der Waals surface area contributed by atoms with Gasteiger partial charge < -0.3 is 20.1 Å². The van der Waals surface area contributed by atoms with E-state index in [2.05, 4.69) is 0 Å². The number of carbonyl (C=O) groups excluding carboxylic acids is 1. The van der Waals surface area contributed by atoms with Crippen molar-refractivity contribution < 1.29 is 14.3 Å². The zero-order chi connectivity index (χ0) is 13.5. The zero-order valence-corrected chi connectivity index (χ0v) is 11.1. The highest BCUT2D eigenvalue weighted by Gasteiger charge is 2.07. The molecule has 5 nitrogen and oxygen atoms in total. The molecule has 0 saturated heterocycles. The number of hydrogen-bond donors (Lipinski definition) is 1. The Balaban J connectivity index is 2.59. The van der Waals surface area contributed by atoms with Crippen LogP contribution in [0.4, 0.5) is 0 Å². The van der Waals surface area contributed by atoms with Crippen LogP contribution in [-0.2, 0) is 11.3 Å². The first-order valence-corrected chi connectivity index (χ1v) is 5.78. The monoisotopic (exact) mass is 252 g/mol. The third kappa shape index (κ3) is 3.92. The first-order valence-electron chi connectivity index (χ1n) is 5.78. The number of ether oxygens (including phenoxy) is 2. The fraction of sp³-hybridized carbons (Fsp3) is 0.462. The fourth-order valence-corrected chi connectivity index (χ4v) is 1.46. The molecule has 1 rings (SSSR count). The number of methoxy groups -OCH3 is 1. The van der Waals surface area contributed by atoms with Crippen LogP contribution < -0.4 is 15.2 Å². The lowest BCUT2D eigenvalue weighted by atomic mass is 10.2. The van der Waals surface area contributed by atoms with Gasteiger partial charge in [-0.1, -0.05) is 0 Å². The Labute approximate surface area is 107 Å². The van der Waals surface area contributed by atoms with Crippen molar-refractivity contribution in [3.05, 3.63) is 23.8 Å². The number of nitrogens with two attached hydrogens (primary N) is 1. The van der Waals surface area contributed by atoms with Gasteiger partial charge >= 0.3 is 0 Å². The van der Waals surface area contributed by atoms with E-state index in [-0.39, 0.29) is 5.91 Å². The van der Waals surface area contributed by atoms with Gasteiger partial charge in [-0.25, -0.2) is 0 Å². The highest BCUT2D eigenvalue weighted by atomic mass is 16.5. The van der Waals surface area contributed by atoms with Gasteiger partial charge in [0.05, 0.1) is 20.1 Å². The molecule has 0 saturated carbocycles. The molecular weight excluding hydrogens is 232 g/mol. The van der Waals surface area contributed by atoms with E-state index in [9.17, 15) is 4.79 Å². The normalized spacial score (nSPS) is 10.0. The lowest BCUT2D eigenvalue weighted by Crippen LogP contribution is -2.23. The van der Waals surface area contributed by atoms with Crippen molar-refractivity contribution in [3.63, 3.8) is 0 Å². The van der Waals surface area contributed by atoms with Gasteiger partial charge in [-0.05, 0) is 18.2 Å². The minimum absolute atomic E-state index is 0.0396. The first kappa shape index (κ1) is 14.3. The third-order valence-corrected chi connectivity index (χ3v) is 2.56. The summed E-state index contributed by atoms with van der Waals surface area (Å²) in [7, 11) is 5.05. The molecule has 0 fully saturated rings. The molecule has 0 heterocycles. The topological polar surface area (TPSA) is 64.8 Å². The van der Waals surface area contributed by atoms with E-state index < -0.39 is 0 Å². The third-order valence-electron chi connectivity index (χ3n) is 2.56. The highest BCUT2D eigenvalue weighted by molar-refractivity contribution is 5.75. The van der Waals surface area contributed by atoms with Gasteiger partial charge in [0, 0.05) is 26.2 Å². The summed E-state index contributed by atoms with van der Waals surface area (Å²) in [6.07, 6.45) is 0.350. The van der Waals surface area contributed by atoms with Crippen LogP contribution >= 0.6 is 0 Å². The van der Waals surface area contributed by atoms with Gasteiger partial charge in [-0.15, -0.1) is 0 Å². The SMILES string of the molecule is COc1ccc(OCCC(=O)N(C)C)c(CN)c1. The van der Waals surface area contributed by atoms with Gasteiger partial charge in [0.1, 0.15) is 11.5 Å². The second kappa shape index (κ2) is 6.86. The number of benzene rings is 1. The maximum atomic E-state index is 11.4. The summed E-state index contributed by atoms with van der Waals surface area (Å²) in [6, 6.07) is 5.45. The van der Waals surface area contributed by atoms with E-state index in [0.29, 0.717) is 25.3 Å². The maximum Gasteiger partial charge on any atom is 0.225 e. The molecule has 0 atom stereocenters. The largest absolute Gasteiger partial charge is 0.497 e. The molecule has 1 aromatic carbocycles. The molecule has 0 radical (unpaired) electrons. The van der Waals surface area contributed by atoms with Crippen molar-refractivity contribution in [2.24, 2.45) is 5.73 Å². The molecule has 0 aromatic heterocycles. The predicted octanol–water partition coefficient (Wildman–Crippen LogP) is 1.01. The molecule has 2 N–H and O–H groups in total. The summed E-state index contributed by atoms with van der Waals surface area (Å²) in [5.74, 6) is 1.48. The number of amides is 1. The van der Waals surface area contributed by atoms with E-state index in [1.807, 2.05) is 12.1 Å². The van der Waals surface area contributed by atoms with E-state index in [4.69, 9.17) is 15.2 Å². The minimum Gasteiger partial charge on any atom is -0.497 e. The summed E-state index contributed by atoms with van der Waals surface area (Å²) >= 11 is 0. The van der Waals surface area contributed by atoms with Gasteiger partial charge in [-0.3, -0.25) is 4.79 Å². The summed E-state index contributed by atoms with van der Waals surface area (Å²) in [4.78, 5) is 12.9. The standard InChI is InChI=1S/C13H20N2O3/c1-15(2)13(16)6-7-18-12-5-4-11(17-3)8-10(12)9-14/h4-5,8H,6-7,9,14H2,1-3H3. The van der Waals surface area contributed by atoms with Crippen molar-refractivity contribution in [1.82, 2.24) is 4.90 Å². The molecule has 0 spiro atoms. The Kier molecular flexibility index (Phi) is 5.45. The number of nitrogens with zero attached hydrogens (tertiary/aromatic N) is 1. The zero-order valence-electron chi connectivity index (χ0n) is 11.1. The average Bonchev–Trinajstić information content (AvgIpc) is 2.38. The maximum absolute atomic E-state index is 11.4. The highest BCUT2D eigenvalue weighted by Crippen LogP contribution is 2.23. The molecule has 0 bridgehead atoms. The summed E-state index contributed by atoms with van der Waals surface area (Å²) in [5.41, 5.74) is 6.51. The molecule has 0 unspecified atom stereocenters. The van der Waals surface area contributed by atoms with Crippen LogP contribution in [0.5, 0.6) is 11.5 Å².